The molecule has 0 spiro atoms. The van der Waals surface area contributed by atoms with Crippen molar-refractivity contribution in [3.8, 4) is 11.4 Å². The van der Waals surface area contributed by atoms with Gasteiger partial charge in [-0.2, -0.15) is 0 Å². The van der Waals surface area contributed by atoms with E-state index in [4.69, 9.17) is 0 Å². The molecular formula is C13H16Cl2N4OS. The van der Waals surface area contributed by atoms with Crippen molar-refractivity contribution in [2.24, 2.45) is 0 Å². The van der Waals surface area contributed by atoms with Crippen molar-refractivity contribution < 1.29 is 4.79 Å². The van der Waals surface area contributed by atoms with E-state index in [0.717, 1.165) is 21.5 Å². The maximum atomic E-state index is 11.3. The topological polar surface area (TPSA) is 66.9 Å². The van der Waals surface area contributed by atoms with Gasteiger partial charge in [0.05, 0.1) is 5.69 Å². The molecule has 0 atom stereocenters. The number of halogens is 2. The van der Waals surface area contributed by atoms with Gasteiger partial charge < -0.3 is 10.6 Å². The van der Waals surface area contributed by atoms with Gasteiger partial charge in [0.2, 0.25) is 5.91 Å². The van der Waals surface area contributed by atoms with E-state index in [1.807, 2.05) is 18.2 Å². The van der Waals surface area contributed by atoms with E-state index < -0.39 is 0 Å². The first kappa shape index (κ1) is 17.7. The third-order valence-corrected chi connectivity index (χ3v) is 3.63. The summed E-state index contributed by atoms with van der Waals surface area (Å²) in [5, 5.41) is 7.76. The number of thiazole rings is 1. The first-order valence-corrected chi connectivity index (χ1v) is 7.00. The number of nitrogens with one attached hydrogen (secondary N) is 2. The summed E-state index contributed by atoms with van der Waals surface area (Å²) in [5.74, 6) is -0.0983. The van der Waals surface area contributed by atoms with Gasteiger partial charge in [-0.1, -0.05) is 17.4 Å². The van der Waals surface area contributed by atoms with Crippen molar-refractivity contribution in [1.29, 1.82) is 0 Å². The van der Waals surface area contributed by atoms with E-state index in [1.165, 1.54) is 31.1 Å². The molecule has 0 aromatic carbocycles. The number of carbonyl (C=O) groups excluding carboxylic acids is 1. The molecule has 3 rings (SSSR count). The molecule has 1 amide bonds. The van der Waals surface area contributed by atoms with Gasteiger partial charge in [-0.05, 0) is 25.0 Å². The molecule has 0 radical (unpaired) electrons. The van der Waals surface area contributed by atoms with Gasteiger partial charge in [0.25, 0.3) is 0 Å². The number of hydrogen-bond acceptors (Lipinski definition) is 5. The molecular weight excluding hydrogens is 331 g/mol. The van der Waals surface area contributed by atoms with Gasteiger partial charge in [0.15, 0.2) is 5.13 Å². The highest BCUT2D eigenvalue weighted by Crippen LogP contribution is 2.37. The lowest BCUT2D eigenvalue weighted by Crippen LogP contribution is -2.05. The number of nitrogens with zero attached hydrogens (tertiary/aromatic N) is 2. The monoisotopic (exact) mass is 346 g/mol. The van der Waals surface area contributed by atoms with E-state index in [1.54, 1.807) is 6.20 Å². The van der Waals surface area contributed by atoms with E-state index in [0.29, 0.717) is 6.04 Å². The Hall–Kier alpha value is -1.37. The van der Waals surface area contributed by atoms with Crippen LogP contribution in [0, 0.1) is 0 Å². The molecule has 5 nitrogen and oxygen atoms in total. The highest BCUT2D eigenvalue weighted by molar-refractivity contribution is 7.20. The first-order chi connectivity index (χ1) is 9.22. The smallest absolute Gasteiger partial charge is 0.221 e. The van der Waals surface area contributed by atoms with Gasteiger partial charge in [-0.15, -0.1) is 24.8 Å². The van der Waals surface area contributed by atoms with Crippen LogP contribution < -0.4 is 10.6 Å². The highest BCUT2D eigenvalue weighted by Gasteiger charge is 2.23. The van der Waals surface area contributed by atoms with Crippen molar-refractivity contribution >= 4 is 52.2 Å². The van der Waals surface area contributed by atoms with Crippen LogP contribution in [-0.4, -0.2) is 21.9 Å². The highest BCUT2D eigenvalue weighted by atomic mass is 35.5. The molecule has 114 valence electrons. The predicted octanol–water partition coefficient (Wildman–Crippen LogP) is 3.58. The van der Waals surface area contributed by atoms with Crippen molar-refractivity contribution in [3.05, 3.63) is 24.4 Å². The van der Waals surface area contributed by atoms with Gasteiger partial charge >= 0.3 is 0 Å². The van der Waals surface area contributed by atoms with Crippen molar-refractivity contribution in [2.75, 3.05) is 10.6 Å². The summed E-state index contributed by atoms with van der Waals surface area (Å²) in [6, 6.07) is 6.19. The van der Waals surface area contributed by atoms with Crippen molar-refractivity contribution in [2.45, 2.75) is 25.8 Å². The van der Waals surface area contributed by atoms with Gasteiger partial charge in [-0.25, -0.2) is 4.98 Å². The maximum Gasteiger partial charge on any atom is 0.221 e. The fourth-order valence-electron chi connectivity index (χ4n) is 1.71. The number of pyridine rings is 1. The quantitative estimate of drug-likeness (QED) is 0.887. The molecule has 1 fully saturated rings. The van der Waals surface area contributed by atoms with Crippen LogP contribution in [0.15, 0.2) is 24.4 Å². The molecule has 2 aromatic rings. The second-order valence-electron chi connectivity index (χ2n) is 4.51. The van der Waals surface area contributed by atoms with Gasteiger partial charge in [-0.3, -0.25) is 9.78 Å². The molecule has 21 heavy (non-hydrogen) atoms. The zero-order valence-electron chi connectivity index (χ0n) is 11.3. The molecule has 8 heteroatoms. The SMILES string of the molecule is CC(=O)Nc1sc(NC2CC2)nc1-c1ccccn1.Cl.Cl. The number of carbonyl (C=O) groups is 1. The molecule has 2 heterocycles. The average Bonchev–Trinajstić information content (AvgIpc) is 3.11. The average molecular weight is 347 g/mol. The number of rotatable bonds is 4. The van der Waals surface area contributed by atoms with Crippen LogP contribution in [0.4, 0.5) is 10.1 Å². The van der Waals surface area contributed by atoms with E-state index in [-0.39, 0.29) is 30.7 Å². The largest absolute Gasteiger partial charge is 0.359 e. The van der Waals surface area contributed by atoms with Gasteiger partial charge in [0.1, 0.15) is 10.7 Å². The summed E-state index contributed by atoms with van der Waals surface area (Å²) >= 11 is 1.46. The Bertz CT molecular complexity index is 601. The Balaban J connectivity index is 0.00000110. The van der Waals surface area contributed by atoms with Crippen LogP contribution in [0.1, 0.15) is 19.8 Å². The summed E-state index contributed by atoms with van der Waals surface area (Å²) in [4.78, 5) is 20.1. The molecule has 1 aliphatic carbocycles. The standard InChI is InChI=1S/C13H14N4OS.2ClH/c1-8(18)15-12-11(10-4-2-3-7-14-10)17-13(19-12)16-9-5-6-9;;/h2-4,7,9H,5-6H2,1H3,(H,15,18)(H,16,17);2*1H. The third kappa shape index (κ3) is 4.56. The normalized spacial score (nSPS) is 12.8. The molecule has 0 saturated heterocycles. The Morgan fingerprint density at radius 3 is 2.67 bits per heavy atom. The molecule has 0 unspecified atom stereocenters. The lowest BCUT2D eigenvalue weighted by molar-refractivity contribution is -0.114. The summed E-state index contributed by atoms with van der Waals surface area (Å²) in [6.07, 6.45) is 4.10. The minimum atomic E-state index is -0.0983. The Labute approximate surface area is 139 Å². The lowest BCUT2D eigenvalue weighted by atomic mass is 10.3. The first-order valence-electron chi connectivity index (χ1n) is 6.19. The van der Waals surface area contributed by atoms with Crippen LogP contribution in [0.25, 0.3) is 11.4 Å². The molecule has 1 aliphatic rings. The zero-order chi connectivity index (χ0) is 13.2. The number of anilines is 2. The predicted molar refractivity (Wildman–Crippen MR) is 90.8 cm³/mol. The minimum Gasteiger partial charge on any atom is -0.359 e. The number of aromatic nitrogens is 2. The van der Waals surface area contributed by atoms with Crippen LogP contribution in [0.5, 0.6) is 0 Å². The van der Waals surface area contributed by atoms with Crippen LogP contribution in [-0.2, 0) is 4.79 Å². The Morgan fingerprint density at radius 1 is 1.33 bits per heavy atom. The molecule has 0 aliphatic heterocycles. The third-order valence-electron chi connectivity index (χ3n) is 2.73. The second-order valence-corrected chi connectivity index (χ2v) is 5.51. The van der Waals surface area contributed by atoms with Crippen LogP contribution >= 0.6 is 36.2 Å². The molecule has 2 aromatic heterocycles. The van der Waals surface area contributed by atoms with Crippen molar-refractivity contribution in [1.82, 2.24) is 9.97 Å². The molecule has 0 bridgehead atoms. The van der Waals surface area contributed by atoms with Crippen LogP contribution in [0.3, 0.4) is 0 Å². The second kappa shape index (κ2) is 7.59. The molecule has 1 saturated carbocycles. The number of amides is 1. The van der Waals surface area contributed by atoms with E-state index >= 15 is 0 Å². The fraction of sp³-hybridized carbons (Fsp3) is 0.308. The summed E-state index contributed by atoms with van der Waals surface area (Å²) in [7, 11) is 0. The molecule has 2 N–H and O–H groups in total. The van der Waals surface area contributed by atoms with Crippen molar-refractivity contribution in [3.63, 3.8) is 0 Å². The Morgan fingerprint density at radius 2 is 2.10 bits per heavy atom. The minimum absolute atomic E-state index is 0. The fourth-order valence-corrected chi connectivity index (χ4v) is 2.70. The summed E-state index contributed by atoms with van der Waals surface area (Å²) in [6.45, 7) is 1.50. The van der Waals surface area contributed by atoms with Gasteiger partial charge in [0, 0.05) is 19.2 Å². The van der Waals surface area contributed by atoms with E-state index in [9.17, 15) is 4.79 Å². The van der Waals surface area contributed by atoms with E-state index in [2.05, 4.69) is 20.6 Å². The van der Waals surface area contributed by atoms with Crippen LogP contribution in [0.2, 0.25) is 0 Å². The lowest BCUT2D eigenvalue weighted by Gasteiger charge is -2.00. The summed E-state index contributed by atoms with van der Waals surface area (Å²) in [5.41, 5.74) is 1.50. The maximum absolute atomic E-state index is 11.3. The summed E-state index contributed by atoms with van der Waals surface area (Å²) < 4.78 is 0. The number of hydrogen-bond donors (Lipinski definition) is 2. The zero-order valence-corrected chi connectivity index (χ0v) is 13.8. The Kier molecular flexibility index (Phi) is 6.39.